The van der Waals surface area contributed by atoms with Gasteiger partial charge in [0.2, 0.25) is 0 Å². The topological polar surface area (TPSA) is 93.2 Å². The summed E-state index contributed by atoms with van der Waals surface area (Å²) in [5.41, 5.74) is 3.97. The predicted octanol–water partition coefficient (Wildman–Crippen LogP) is 4.27. The van der Waals surface area contributed by atoms with Crippen molar-refractivity contribution in [3.63, 3.8) is 0 Å². The molecule has 0 spiro atoms. The minimum atomic E-state index is -0.423. The molecule has 0 aliphatic rings. The highest BCUT2D eigenvalue weighted by atomic mass is 16.5. The number of nitrogens with one attached hydrogen (secondary N) is 2. The Bertz CT molecular complexity index is 1030. The van der Waals surface area contributed by atoms with Gasteiger partial charge < -0.3 is 15.4 Å². The Balaban J connectivity index is 1.73. The highest BCUT2D eigenvalue weighted by molar-refractivity contribution is 6.03. The van der Waals surface area contributed by atoms with Gasteiger partial charge in [-0.2, -0.15) is 0 Å². The van der Waals surface area contributed by atoms with Crippen molar-refractivity contribution < 1.29 is 14.3 Å². The number of rotatable bonds is 6. The number of esters is 1. The van der Waals surface area contributed by atoms with Gasteiger partial charge in [-0.15, -0.1) is 10.2 Å². The molecule has 3 rings (SSSR count). The molecule has 0 saturated heterocycles. The number of aryl methyl sites for hydroxylation is 1. The van der Waals surface area contributed by atoms with Crippen LogP contribution in [0.3, 0.4) is 0 Å². The fourth-order valence-corrected chi connectivity index (χ4v) is 2.71. The Hall–Kier alpha value is -3.74. The van der Waals surface area contributed by atoms with E-state index < -0.39 is 5.97 Å². The molecule has 0 radical (unpaired) electrons. The minimum Gasteiger partial charge on any atom is -0.462 e. The van der Waals surface area contributed by atoms with Gasteiger partial charge in [-0.3, -0.25) is 4.79 Å². The van der Waals surface area contributed by atoms with Crippen molar-refractivity contribution in [2.75, 3.05) is 17.2 Å². The molecule has 7 heteroatoms. The van der Waals surface area contributed by atoms with Crippen LogP contribution in [-0.2, 0) is 4.74 Å². The number of hydrogen-bond acceptors (Lipinski definition) is 6. The van der Waals surface area contributed by atoms with Gasteiger partial charge in [-0.1, -0.05) is 24.3 Å². The van der Waals surface area contributed by atoms with E-state index in [0.717, 1.165) is 16.8 Å². The van der Waals surface area contributed by atoms with Crippen LogP contribution in [0.25, 0.3) is 0 Å². The summed E-state index contributed by atoms with van der Waals surface area (Å²) in [5, 5.41) is 13.9. The maximum Gasteiger partial charge on any atom is 0.340 e. The number of ether oxygens (including phenoxy) is 1. The van der Waals surface area contributed by atoms with Crippen molar-refractivity contribution in [3.05, 3.63) is 77.0 Å². The number of aromatic nitrogens is 2. The van der Waals surface area contributed by atoms with E-state index in [0.29, 0.717) is 17.1 Å². The van der Waals surface area contributed by atoms with Crippen molar-refractivity contribution in [2.45, 2.75) is 20.8 Å². The quantitative estimate of drug-likeness (QED) is 0.611. The first kappa shape index (κ1) is 20.0. The Labute approximate surface area is 169 Å². The van der Waals surface area contributed by atoms with Gasteiger partial charge in [0.1, 0.15) is 0 Å². The first-order valence-electron chi connectivity index (χ1n) is 9.24. The van der Waals surface area contributed by atoms with Crippen LogP contribution >= 0.6 is 0 Å². The van der Waals surface area contributed by atoms with Crippen LogP contribution in [0.4, 0.5) is 17.2 Å². The van der Waals surface area contributed by atoms with Gasteiger partial charge >= 0.3 is 5.97 Å². The average Bonchev–Trinajstić information content (AvgIpc) is 2.72. The largest absolute Gasteiger partial charge is 0.462 e. The molecule has 0 aliphatic heterocycles. The van der Waals surface area contributed by atoms with E-state index in [1.54, 1.807) is 43.3 Å². The molecule has 0 aliphatic carbocycles. The maximum atomic E-state index is 12.5. The third kappa shape index (κ3) is 4.76. The van der Waals surface area contributed by atoms with E-state index in [1.807, 2.05) is 32.0 Å². The number of carbonyl (C=O) groups is 2. The monoisotopic (exact) mass is 390 g/mol. The van der Waals surface area contributed by atoms with Gasteiger partial charge in [0.15, 0.2) is 11.5 Å². The number of hydrogen-bond donors (Lipinski definition) is 2. The Morgan fingerprint density at radius 2 is 1.69 bits per heavy atom. The van der Waals surface area contributed by atoms with Gasteiger partial charge in [0.25, 0.3) is 5.91 Å². The Morgan fingerprint density at radius 1 is 0.931 bits per heavy atom. The van der Waals surface area contributed by atoms with Crippen molar-refractivity contribution in [3.8, 4) is 0 Å². The molecule has 1 amide bonds. The molecule has 29 heavy (non-hydrogen) atoms. The zero-order valence-electron chi connectivity index (χ0n) is 16.5. The van der Waals surface area contributed by atoms with Crippen LogP contribution in [0.1, 0.15) is 38.9 Å². The van der Waals surface area contributed by atoms with Gasteiger partial charge in [-0.25, -0.2) is 4.79 Å². The summed E-state index contributed by atoms with van der Waals surface area (Å²) in [6, 6.07) is 15.9. The summed E-state index contributed by atoms with van der Waals surface area (Å²) in [4.78, 5) is 24.5. The average molecular weight is 390 g/mol. The van der Waals surface area contributed by atoms with Crippen LogP contribution in [0.15, 0.2) is 54.6 Å². The molecule has 0 unspecified atom stereocenters. The number of nitrogens with zero attached hydrogens (tertiary/aromatic N) is 2. The van der Waals surface area contributed by atoms with Crippen LogP contribution in [0.2, 0.25) is 0 Å². The molecule has 0 fully saturated rings. The van der Waals surface area contributed by atoms with Crippen molar-refractivity contribution >= 4 is 29.1 Å². The van der Waals surface area contributed by atoms with Crippen molar-refractivity contribution in [2.24, 2.45) is 0 Å². The Kier molecular flexibility index (Phi) is 6.19. The molecule has 1 aromatic heterocycles. The van der Waals surface area contributed by atoms with E-state index in [2.05, 4.69) is 20.8 Å². The van der Waals surface area contributed by atoms with Gasteiger partial charge in [0, 0.05) is 5.69 Å². The summed E-state index contributed by atoms with van der Waals surface area (Å²) in [6.07, 6.45) is 0. The normalized spacial score (nSPS) is 10.3. The second-order valence-electron chi connectivity index (χ2n) is 6.40. The zero-order chi connectivity index (χ0) is 20.8. The third-order valence-corrected chi connectivity index (χ3v) is 4.44. The fourth-order valence-electron chi connectivity index (χ4n) is 2.71. The number of benzene rings is 2. The van der Waals surface area contributed by atoms with Crippen molar-refractivity contribution in [1.29, 1.82) is 0 Å². The summed E-state index contributed by atoms with van der Waals surface area (Å²) >= 11 is 0. The molecular weight excluding hydrogens is 368 g/mol. The minimum absolute atomic E-state index is 0.190. The lowest BCUT2D eigenvalue weighted by molar-refractivity contribution is 0.0527. The standard InChI is InChI=1S/C22H22N4O3/c1-4-29-22(28)16-9-5-6-10-18(16)23-20-13-12-19(25-26-20)21(27)24-17-11-7-8-14(2)15(17)3/h5-13H,4H2,1-3H3,(H,23,26)(H,24,27). The zero-order valence-corrected chi connectivity index (χ0v) is 16.5. The van der Waals surface area contributed by atoms with Gasteiger partial charge in [-0.05, 0) is 62.2 Å². The third-order valence-electron chi connectivity index (χ3n) is 4.44. The van der Waals surface area contributed by atoms with E-state index in [4.69, 9.17) is 4.74 Å². The smallest absolute Gasteiger partial charge is 0.340 e. The lowest BCUT2D eigenvalue weighted by Crippen LogP contribution is -2.15. The summed E-state index contributed by atoms with van der Waals surface area (Å²) in [7, 11) is 0. The fraction of sp³-hybridized carbons (Fsp3) is 0.182. The van der Waals surface area contributed by atoms with E-state index in [1.165, 1.54) is 0 Å². The highest BCUT2D eigenvalue weighted by Crippen LogP contribution is 2.21. The summed E-state index contributed by atoms with van der Waals surface area (Å²) in [5.74, 6) is -0.359. The van der Waals surface area contributed by atoms with E-state index in [-0.39, 0.29) is 18.2 Å². The first-order valence-corrected chi connectivity index (χ1v) is 9.24. The first-order chi connectivity index (χ1) is 14.0. The van der Waals surface area contributed by atoms with Crippen molar-refractivity contribution in [1.82, 2.24) is 10.2 Å². The number of carbonyl (C=O) groups excluding carboxylic acids is 2. The van der Waals surface area contributed by atoms with Gasteiger partial charge in [0.05, 0.1) is 17.9 Å². The number of anilines is 3. The van der Waals surface area contributed by atoms with E-state index >= 15 is 0 Å². The molecule has 0 saturated carbocycles. The molecule has 1 heterocycles. The second kappa shape index (κ2) is 8.97. The number of para-hydroxylation sites is 1. The lowest BCUT2D eigenvalue weighted by Gasteiger charge is -2.11. The molecule has 148 valence electrons. The molecule has 2 aromatic carbocycles. The molecule has 7 nitrogen and oxygen atoms in total. The molecule has 3 aromatic rings. The summed E-state index contributed by atoms with van der Waals surface area (Å²) < 4.78 is 5.06. The SMILES string of the molecule is CCOC(=O)c1ccccc1Nc1ccc(C(=O)Nc2cccc(C)c2C)nn1. The molecule has 0 bridgehead atoms. The van der Waals surface area contributed by atoms with Crippen LogP contribution in [0.5, 0.6) is 0 Å². The number of amides is 1. The molecular formula is C22H22N4O3. The van der Waals surface area contributed by atoms with Crippen LogP contribution < -0.4 is 10.6 Å². The Morgan fingerprint density at radius 3 is 2.41 bits per heavy atom. The molecule has 0 atom stereocenters. The van der Waals surface area contributed by atoms with Crippen LogP contribution in [-0.4, -0.2) is 28.7 Å². The lowest BCUT2D eigenvalue weighted by atomic mass is 10.1. The maximum absolute atomic E-state index is 12.5. The highest BCUT2D eigenvalue weighted by Gasteiger charge is 2.14. The second-order valence-corrected chi connectivity index (χ2v) is 6.40. The van der Waals surface area contributed by atoms with E-state index in [9.17, 15) is 9.59 Å². The molecule has 2 N–H and O–H groups in total. The van der Waals surface area contributed by atoms with Crippen LogP contribution in [0, 0.1) is 13.8 Å². The summed E-state index contributed by atoms with van der Waals surface area (Å²) in [6.45, 7) is 5.97. The predicted molar refractivity (Wildman–Crippen MR) is 112 cm³/mol.